The van der Waals surface area contributed by atoms with Crippen molar-refractivity contribution in [1.82, 2.24) is 9.97 Å². The van der Waals surface area contributed by atoms with E-state index in [1.807, 2.05) is 0 Å². The van der Waals surface area contributed by atoms with Gasteiger partial charge < -0.3 is 10.6 Å². The average molecular weight is 487 g/mol. The van der Waals surface area contributed by atoms with E-state index < -0.39 is 23.5 Å². The van der Waals surface area contributed by atoms with Crippen LogP contribution in [0.4, 0.5) is 37.7 Å². The van der Waals surface area contributed by atoms with Gasteiger partial charge >= 0.3 is 12.4 Å². The fourth-order valence-electron chi connectivity index (χ4n) is 3.35. The Morgan fingerprint density at radius 2 is 1.00 bits per heavy atom. The van der Waals surface area contributed by atoms with E-state index in [0.29, 0.717) is 35.2 Å². The van der Waals surface area contributed by atoms with Crippen LogP contribution in [-0.4, -0.2) is 23.1 Å². The van der Waals surface area contributed by atoms with Gasteiger partial charge in [0.15, 0.2) is 0 Å². The molecule has 11 heteroatoms. The highest BCUT2D eigenvalue weighted by Gasteiger charge is 2.31. The highest BCUT2D eigenvalue weighted by Crippen LogP contribution is 2.33. The van der Waals surface area contributed by atoms with Crippen molar-refractivity contribution in [2.24, 2.45) is 0 Å². The number of pyridine rings is 2. The minimum absolute atomic E-state index is 0. The molecule has 0 unspecified atom stereocenters. The molecule has 0 radical (unpaired) electrons. The molecule has 0 spiro atoms. The first-order chi connectivity index (χ1) is 15.1. The second kappa shape index (κ2) is 9.30. The molecule has 4 rings (SSSR count). The molecule has 0 aliphatic heterocycles. The molecular formula is C22H17ClF6N4. The van der Waals surface area contributed by atoms with Crippen molar-refractivity contribution in [2.75, 3.05) is 23.7 Å². The standard InChI is InChI=1S/C22H16F6N4.ClH/c23-21(24,25)13-1-3-15-17(5-7-29-19(15)11-13)31-9-10-32-18-6-8-30-20-12-14(22(26,27)28)2-4-16(18)20;/h1-8,11-12H,9-10H2,(H,29,31)(H,30,32);1H. The zero-order valence-corrected chi connectivity index (χ0v) is 17.6. The van der Waals surface area contributed by atoms with Gasteiger partial charge in [0.05, 0.1) is 22.2 Å². The molecule has 2 N–H and O–H groups in total. The fraction of sp³-hybridized carbons (Fsp3) is 0.182. The Morgan fingerprint density at radius 3 is 1.36 bits per heavy atom. The number of nitrogens with zero attached hydrogens (tertiary/aromatic N) is 2. The van der Waals surface area contributed by atoms with Crippen LogP contribution in [-0.2, 0) is 12.4 Å². The quantitative estimate of drug-likeness (QED) is 0.241. The summed E-state index contributed by atoms with van der Waals surface area (Å²) in [6.07, 6.45) is -6.05. The number of aromatic nitrogens is 2. The van der Waals surface area contributed by atoms with Crippen LogP contribution in [0, 0.1) is 0 Å². The SMILES string of the molecule is Cl.FC(F)(F)c1ccc2c(NCCNc3ccnc4cc(C(F)(F)F)ccc34)ccnc2c1. The van der Waals surface area contributed by atoms with Crippen molar-refractivity contribution >= 4 is 45.6 Å². The third-order valence-corrected chi connectivity index (χ3v) is 4.90. The van der Waals surface area contributed by atoms with Gasteiger partial charge in [-0.25, -0.2) is 0 Å². The molecule has 2 aromatic carbocycles. The zero-order chi connectivity index (χ0) is 22.9. The predicted molar refractivity (Wildman–Crippen MR) is 118 cm³/mol. The summed E-state index contributed by atoms with van der Waals surface area (Å²) in [6, 6.07) is 10.1. The van der Waals surface area contributed by atoms with Gasteiger partial charge in [0, 0.05) is 47.6 Å². The molecule has 174 valence electrons. The molecule has 0 atom stereocenters. The second-order valence-electron chi connectivity index (χ2n) is 7.03. The van der Waals surface area contributed by atoms with Gasteiger partial charge in [-0.1, -0.05) is 12.1 Å². The highest BCUT2D eigenvalue weighted by atomic mass is 35.5. The number of hydrogen-bond donors (Lipinski definition) is 2. The van der Waals surface area contributed by atoms with Crippen LogP contribution in [0.5, 0.6) is 0 Å². The summed E-state index contributed by atoms with van der Waals surface area (Å²) in [5.41, 5.74) is 0.153. The van der Waals surface area contributed by atoms with Crippen LogP contribution in [0.2, 0.25) is 0 Å². The Bertz CT molecular complexity index is 1170. The Hall–Kier alpha value is -3.27. The van der Waals surface area contributed by atoms with Gasteiger partial charge in [-0.15, -0.1) is 12.4 Å². The molecule has 0 fully saturated rings. The Labute approximate surface area is 190 Å². The second-order valence-corrected chi connectivity index (χ2v) is 7.03. The predicted octanol–water partition coefficient (Wildman–Crippen LogP) is 6.77. The molecule has 0 bridgehead atoms. The number of benzene rings is 2. The molecule has 0 saturated carbocycles. The number of fused-ring (bicyclic) bond motifs is 2. The number of rotatable bonds is 5. The lowest BCUT2D eigenvalue weighted by Gasteiger charge is -2.14. The number of halogens is 7. The Balaban J connectivity index is 0.00000306. The van der Waals surface area contributed by atoms with Crippen molar-refractivity contribution in [1.29, 1.82) is 0 Å². The molecule has 0 amide bonds. The number of alkyl halides is 6. The van der Waals surface area contributed by atoms with Crippen molar-refractivity contribution in [3.05, 3.63) is 72.1 Å². The van der Waals surface area contributed by atoms with Crippen LogP contribution in [0.25, 0.3) is 21.8 Å². The topological polar surface area (TPSA) is 49.8 Å². The summed E-state index contributed by atoms with van der Waals surface area (Å²) in [4.78, 5) is 8.02. The summed E-state index contributed by atoms with van der Waals surface area (Å²) in [6.45, 7) is 0.815. The Morgan fingerprint density at radius 1 is 0.606 bits per heavy atom. The molecule has 4 nitrogen and oxygen atoms in total. The van der Waals surface area contributed by atoms with E-state index in [0.717, 1.165) is 24.3 Å². The third-order valence-electron chi connectivity index (χ3n) is 4.90. The van der Waals surface area contributed by atoms with E-state index in [1.165, 1.54) is 24.5 Å². The van der Waals surface area contributed by atoms with Gasteiger partial charge in [-0.05, 0) is 36.4 Å². The molecule has 2 heterocycles. The van der Waals surface area contributed by atoms with E-state index in [-0.39, 0.29) is 23.4 Å². The molecule has 0 aliphatic rings. The van der Waals surface area contributed by atoms with Crippen LogP contribution in [0.1, 0.15) is 11.1 Å². The van der Waals surface area contributed by atoms with Crippen molar-refractivity contribution in [3.63, 3.8) is 0 Å². The summed E-state index contributed by atoms with van der Waals surface area (Å²) in [5, 5.41) is 7.39. The van der Waals surface area contributed by atoms with E-state index >= 15 is 0 Å². The number of nitrogens with one attached hydrogen (secondary N) is 2. The van der Waals surface area contributed by atoms with E-state index in [9.17, 15) is 26.3 Å². The summed E-state index contributed by atoms with van der Waals surface area (Å²) >= 11 is 0. The smallest absolute Gasteiger partial charge is 0.383 e. The molecule has 2 aromatic heterocycles. The van der Waals surface area contributed by atoms with E-state index in [1.54, 1.807) is 12.1 Å². The minimum atomic E-state index is -4.45. The van der Waals surface area contributed by atoms with E-state index in [4.69, 9.17) is 0 Å². The first kappa shape index (κ1) is 24.4. The van der Waals surface area contributed by atoms with Crippen LogP contribution >= 0.6 is 12.4 Å². The largest absolute Gasteiger partial charge is 0.416 e. The van der Waals surface area contributed by atoms with Crippen molar-refractivity contribution in [2.45, 2.75) is 12.4 Å². The van der Waals surface area contributed by atoms with Gasteiger partial charge in [0.2, 0.25) is 0 Å². The van der Waals surface area contributed by atoms with Gasteiger partial charge in [-0.3, -0.25) is 9.97 Å². The van der Waals surface area contributed by atoms with Gasteiger partial charge in [0.1, 0.15) is 0 Å². The fourth-order valence-corrected chi connectivity index (χ4v) is 3.35. The van der Waals surface area contributed by atoms with Crippen molar-refractivity contribution in [3.8, 4) is 0 Å². The molecule has 4 aromatic rings. The maximum absolute atomic E-state index is 12.9. The monoisotopic (exact) mass is 486 g/mol. The Kier molecular flexibility index (Phi) is 6.87. The van der Waals surface area contributed by atoms with Gasteiger partial charge in [-0.2, -0.15) is 26.3 Å². The summed E-state index contributed by atoms with van der Waals surface area (Å²) < 4.78 is 77.4. The first-order valence-corrected chi connectivity index (χ1v) is 9.52. The lowest BCUT2D eigenvalue weighted by Crippen LogP contribution is -2.14. The van der Waals surface area contributed by atoms with Crippen molar-refractivity contribution < 1.29 is 26.3 Å². The average Bonchev–Trinajstić information content (AvgIpc) is 2.74. The van der Waals surface area contributed by atoms with E-state index in [2.05, 4.69) is 20.6 Å². The lowest BCUT2D eigenvalue weighted by atomic mass is 10.1. The molecular weight excluding hydrogens is 470 g/mol. The maximum Gasteiger partial charge on any atom is 0.416 e. The third kappa shape index (κ3) is 5.39. The lowest BCUT2D eigenvalue weighted by molar-refractivity contribution is -0.138. The first-order valence-electron chi connectivity index (χ1n) is 9.52. The van der Waals surface area contributed by atoms with Crippen LogP contribution in [0.3, 0.4) is 0 Å². The summed E-state index contributed by atoms with van der Waals surface area (Å²) in [5.74, 6) is 0. The number of hydrogen-bond acceptors (Lipinski definition) is 4. The number of anilines is 2. The minimum Gasteiger partial charge on any atom is -0.383 e. The van der Waals surface area contributed by atoms with Gasteiger partial charge in [0.25, 0.3) is 0 Å². The normalized spacial score (nSPS) is 11.9. The highest BCUT2D eigenvalue weighted by molar-refractivity contribution is 5.92. The van der Waals surface area contributed by atoms with Crippen LogP contribution < -0.4 is 10.6 Å². The van der Waals surface area contributed by atoms with Crippen LogP contribution in [0.15, 0.2) is 60.9 Å². The summed E-state index contributed by atoms with van der Waals surface area (Å²) in [7, 11) is 0. The maximum atomic E-state index is 12.9. The molecule has 33 heavy (non-hydrogen) atoms. The molecule has 0 saturated heterocycles. The molecule has 0 aliphatic carbocycles. The zero-order valence-electron chi connectivity index (χ0n) is 16.8.